The fourth-order valence-electron chi connectivity index (χ4n) is 6.29. The molecule has 1 heterocycles. The maximum absolute atomic E-state index is 8.56. The zero-order chi connectivity index (χ0) is 28.1. The Morgan fingerprint density at radius 3 is 2.49 bits per heavy atom. The molecular weight excluding hydrogens is 500 g/mol. The van der Waals surface area contributed by atoms with E-state index in [9.17, 15) is 0 Å². The van der Waals surface area contributed by atoms with E-state index in [1.54, 1.807) is 0 Å². The summed E-state index contributed by atoms with van der Waals surface area (Å²) < 4.78 is 0. The summed E-state index contributed by atoms with van der Waals surface area (Å²) >= 11 is 0. The smallest absolute Gasteiger partial charge is 0.109 e. The van der Waals surface area contributed by atoms with E-state index in [-0.39, 0.29) is 5.41 Å². The molecule has 3 aromatic carbocycles. The van der Waals surface area contributed by atoms with Gasteiger partial charge in [-0.3, -0.25) is 15.4 Å². The van der Waals surface area contributed by atoms with E-state index < -0.39 is 0 Å². The van der Waals surface area contributed by atoms with Crippen molar-refractivity contribution in [3.63, 3.8) is 0 Å². The van der Waals surface area contributed by atoms with Crippen LogP contribution in [0.3, 0.4) is 0 Å². The number of rotatable bonds is 4. The maximum atomic E-state index is 8.56. The minimum absolute atomic E-state index is 0.0482. The third-order valence-corrected chi connectivity index (χ3v) is 8.68. The highest BCUT2D eigenvalue weighted by Gasteiger charge is 2.35. The SMILES string of the molecule is CN(/N=C1/C=C(c2ccc3c(c2)C(C)(C)c2ccccc2-3)C=CC1=N)C1=CC=C(c2cnc3ccccc3c2)CC1. The number of fused-ring (bicyclic) bond motifs is 4. The Bertz CT molecular complexity index is 1900. The molecule has 41 heavy (non-hydrogen) atoms. The van der Waals surface area contributed by atoms with Crippen LogP contribution >= 0.6 is 0 Å². The van der Waals surface area contributed by atoms with Crippen LogP contribution in [-0.2, 0) is 5.41 Å². The molecule has 0 amide bonds. The fraction of sp³-hybridized carbons (Fsp3) is 0.162. The molecule has 0 aliphatic heterocycles. The highest BCUT2D eigenvalue weighted by atomic mass is 15.4. The van der Waals surface area contributed by atoms with Gasteiger partial charge in [0.15, 0.2) is 0 Å². The van der Waals surface area contributed by atoms with E-state index >= 15 is 0 Å². The number of nitrogens with zero attached hydrogens (tertiary/aromatic N) is 3. The molecule has 3 aliphatic carbocycles. The van der Waals surface area contributed by atoms with Gasteiger partial charge in [-0.15, -0.1) is 0 Å². The number of aromatic nitrogens is 1. The van der Waals surface area contributed by atoms with Gasteiger partial charge in [-0.05, 0) is 93.8 Å². The summed E-state index contributed by atoms with van der Waals surface area (Å²) in [5, 5.41) is 16.5. The van der Waals surface area contributed by atoms with Crippen LogP contribution in [0.2, 0.25) is 0 Å². The number of para-hydroxylation sites is 1. The molecule has 1 N–H and O–H groups in total. The predicted octanol–water partition coefficient (Wildman–Crippen LogP) is 8.56. The zero-order valence-electron chi connectivity index (χ0n) is 23.6. The van der Waals surface area contributed by atoms with E-state index in [0.29, 0.717) is 11.4 Å². The van der Waals surface area contributed by atoms with Gasteiger partial charge >= 0.3 is 0 Å². The van der Waals surface area contributed by atoms with Gasteiger partial charge in [0.25, 0.3) is 0 Å². The van der Waals surface area contributed by atoms with Crippen molar-refractivity contribution in [3.05, 3.63) is 137 Å². The van der Waals surface area contributed by atoms with Gasteiger partial charge in [-0.1, -0.05) is 80.6 Å². The second kappa shape index (κ2) is 9.67. The largest absolute Gasteiger partial charge is 0.299 e. The van der Waals surface area contributed by atoms with Crippen LogP contribution in [0.15, 0.2) is 120 Å². The first-order chi connectivity index (χ1) is 19.9. The highest BCUT2D eigenvalue weighted by molar-refractivity contribution is 6.51. The molecule has 200 valence electrons. The molecule has 4 nitrogen and oxygen atoms in total. The highest BCUT2D eigenvalue weighted by Crippen LogP contribution is 2.49. The van der Waals surface area contributed by atoms with Gasteiger partial charge in [-0.2, -0.15) is 5.10 Å². The summed E-state index contributed by atoms with van der Waals surface area (Å²) in [6.07, 6.45) is 14.0. The monoisotopic (exact) mass is 532 g/mol. The lowest BCUT2D eigenvalue weighted by molar-refractivity contribution is 0.428. The van der Waals surface area contributed by atoms with Crippen LogP contribution in [0.1, 0.15) is 48.9 Å². The van der Waals surface area contributed by atoms with E-state index in [0.717, 1.165) is 40.6 Å². The van der Waals surface area contributed by atoms with Crippen molar-refractivity contribution in [2.75, 3.05) is 7.05 Å². The van der Waals surface area contributed by atoms with Crippen LogP contribution in [0.4, 0.5) is 0 Å². The summed E-state index contributed by atoms with van der Waals surface area (Å²) in [6, 6.07) is 25.9. The fourth-order valence-corrected chi connectivity index (χ4v) is 6.29. The van der Waals surface area contributed by atoms with Crippen molar-refractivity contribution in [1.82, 2.24) is 9.99 Å². The van der Waals surface area contributed by atoms with Crippen LogP contribution in [-0.4, -0.2) is 28.5 Å². The lowest BCUT2D eigenvalue weighted by atomic mass is 9.81. The Balaban J connectivity index is 1.15. The van der Waals surface area contributed by atoms with Crippen LogP contribution < -0.4 is 0 Å². The second-order valence-corrected chi connectivity index (χ2v) is 11.6. The number of hydrogen-bond donors (Lipinski definition) is 1. The topological polar surface area (TPSA) is 52.3 Å². The first-order valence-electron chi connectivity index (χ1n) is 14.2. The Morgan fingerprint density at radius 1 is 0.829 bits per heavy atom. The van der Waals surface area contributed by atoms with Crippen molar-refractivity contribution in [1.29, 1.82) is 5.41 Å². The Labute approximate surface area is 241 Å². The van der Waals surface area contributed by atoms with Crippen LogP contribution in [0.5, 0.6) is 0 Å². The lowest BCUT2D eigenvalue weighted by Crippen LogP contribution is -2.20. The molecule has 0 saturated heterocycles. The van der Waals surface area contributed by atoms with E-state index in [1.165, 1.54) is 33.4 Å². The summed E-state index contributed by atoms with van der Waals surface area (Å²) in [5.74, 6) is 0. The Kier molecular flexibility index (Phi) is 5.93. The minimum atomic E-state index is -0.0482. The van der Waals surface area contributed by atoms with E-state index in [1.807, 2.05) is 48.6 Å². The average molecular weight is 533 g/mol. The van der Waals surface area contributed by atoms with Gasteiger partial charge in [0.2, 0.25) is 0 Å². The Morgan fingerprint density at radius 2 is 1.63 bits per heavy atom. The van der Waals surface area contributed by atoms with Crippen molar-refractivity contribution in [2.45, 2.75) is 32.1 Å². The number of allylic oxidation sites excluding steroid dienone is 8. The molecule has 0 atom stereocenters. The predicted molar refractivity (Wildman–Crippen MR) is 171 cm³/mol. The summed E-state index contributed by atoms with van der Waals surface area (Å²) in [6.45, 7) is 4.61. The van der Waals surface area contributed by atoms with Gasteiger partial charge in [-0.25, -0.2) is 0 Å². The normalized spacial score (nSPS) is 18.1. The van der Waals surface area contributed by atoms with Crippen LogP contribution in [0.25, 0.3) is 33.2 Å². The van der Waals surface area contributed by atoms with Gasteiger partial charge in [0.1, 0.15) is 5.71 Å². The van der Waals surface area contributed by atoms with Crippen molar-refractivity contribution >= 4 is 33.5 Å². The molecule has 0 unspecified atom stereocenters. The third-order valence-electron chi connectivity index (χ3n) is 8.68. The quantitative estimate of drug-likeness (QED) is 0.211. The number of nitrogens with one attached hydrogen (secondary N) is 1. The maximum Gasteiger partial charge on any atom is 0.109 e. The third kappa shape index (κ3) is 4.36. The average Bonchev–Trinajstić information content (AvgIpc) is 3.24. The van der Waals surface area contributed by atoms with Gasteiger partial charge in [0, 0.05) is 29.7 Å². The molecular formula is C37H32N4. The molecule has 0 radical (unpaired) electrons. The first kappa shape index (κ1) is 25.2. The molecule has 4 heteroatoms. The first-order valence-corrected chi connectivity index (χ1v) is 14.2. The molecule has 3 aliphatic rings. The number of hydrazone groups is 1. The summed E-state index contributed by atoms with van der Waals surface area (Å²) in [4.78, 5) is 4.64. The minimum Gasteiger partial charge on any atom is -0.299 e. The van der Waals surface area contributed by atoms with Crippen molar-refractivity contribution in [2.24, 2.45) is 5.10 Å². The molecule has 4 aromatic rings. The van der Waals surface area contributed by atoms with Crippen LogP contribution in [0, 0.1) is 5.41 Å². The molecule has 0 fully saturated rings. The second-order valence-electron chi connectivity index (χ2n) is 11.6. The number of pyridine rings is 1. The summed E-state index contributed by atoms with van der Waals surface area (Å²) in [5.41, 5.74) is 13.2. The van der Waals surface area contributed by atoms with E-state index in [4.69, 9.17) is 10.5 Å². The molecule has 0 bridgehead atoms. The molecule has 1 aromatic heterocycles. The Hall–Kier alpha value is -4.83. The van der Waals surface area contributed by atoms with Crippen molar-refractivity contribution in [3.8, 4) is 11.1 Å². The zero-order valence-corrected chi connectivity index (χ0v) is 23.6. The summed E-state index contributed by atoms with van der Waals surface area (Å²) in [7, 11) is 1.98. The molecule has 0 spiro atoms. The number of hydrogen-bond acceptors (Lipinski definition) is 4. The van der Waals surface area contributed by atoms with E-state index in [2.05, 4.69) is 91.6 Å². The lowest BCUT2D eigenvalue weighted by Gasteiger charge is -2.23. The standard InChI is InChI=1S/C37H32N4/c1-37(2)32-10-6-5-9-30(32)31-18-14-25(21-33(31)37)26-15-19-34(38)36(22-26)40-41(3)29-16-12-24(13-17-29)28-20-27-8-4-7-11-35(27)39-23-28/h4-12,14-16,18-23,38H,13,17H2,1-3H3/b38-34?,40-36-. The van der Waals surface area contributed by atoms with Gasteiger partial charge < -0.3 is 0 Å². The number of benzene rings is 3. The molecule has 7 rings (SSSR count). The molecule has 0 saturated carbocycles. The van der Waals surface area contributed by atoms with Crippen molar-refractivity contribution < 1.29 is 0 Å². The van der Waals surface area contributed by atoms with Gasteiger partial charge in [0.05, 0.1) is 11.2 Å².